The Kier molecular flexibility index (Phi) is 21.2. The minimum absolute atomic E-state index is 0.0970. The Morgan fingerprint density at radius 1 is 0.643 bits per heavy atom. The van der Waals surface area contributed by atoms with E-state index in [2.05, 4.69) is 0 Å². The molecule has 0 bridgehead atoms. The van der Waals surface area contributed by atoms with Crippen LogP contribution in [0.25, 0.3) is 0 Å². The highest BCUT2D eigenvalue weighted by atomic mass is 16.6. The second kappa shape index (κ2) is 24.9. The number of ether oxygens (including phenoxy) is 5. The Bertz CT molecular complexity index is 1400. The molecule has 0 heterocycles. The van der Waals surface area contributed by atoms with E-state index in [9.17, 15) is 34.2 Å². The van der Waals surface area contributed by atoms with Gasteiger partial charge >= 0.3 is 30.0 Å². The third kappa shape index (κ3) is 19.9. The molecule has 0 saturated carbocycles. The molecular weight excluding hydrogens is 722 g/mol. The molecule has 13 nitrogen and oxygen atoms in total. The lowest BCUT2D eigenvalue weighted by atomic mass is 10.0. The highest BCUT2D eigenvalue weighted by Crippen LogP contribution is 2.16. The number of esters is 4. The van der Waals surface area contributed by atoms with E-state index in [1.54, 1.807) is 34.6 Å². The van der Waals surface area contributed by atoms with Gasteiger partial charge in [0.1, 0.15) is 18.8 Å². The van der Waals surface area contributed by atoms with Crippen LogP contribution < -0.4 is 0 Å². The summed E-state index contributed by atoms with van der Waals surface area (Å²) in [5, 5.41) is 19.5. The third-order valence-corrected chi connectivity index (χ3v) is 8.87. The maximum atomic E-state index is 13.0. The molecule has 56 heavy (non-hydrogen) atoms. The van der Waals surface area contributed by atoms with Gasteiger partial charge in [-0.05, 0) is 84.3 Å². The highest BCUT2D eigenvalue weighted by Gasteiger charge is 2.25. The van der Waals surface area contributed by atoms with Gasteiger partial charge in [0.25, 0.3) is 0 Å². The maximum absolute atomic E-state index is 13.0. The number of benzene rings is 2. The van der Waals surface area contributed by atoms with E-state index in [1.165, 1.54) is 4.90 Å². The van der Waals surface area contributed by atoms with E-state index in [0.717, 1.165) is 22.3 Å². The average molecular weight is 786 g/mol. The Morgan fingerprint density at radius 2 is 1.02 bits per heavy atom. The Morgan fingerprint density at radius 3 is 1.36 bits per heavy atom. The van der Waals surface area contributed by atoms with Gasteiger partial charge in [-0.2, -0.15) is 0 Å². The number of rotatable bonds is 24. The molecule has 2 rings (SSSR count). The molecule has 0 aliphatic rings. The van der Waals surface area contributed by atoms with Crippen LogP contribution in [0.4, 0.5) is 4.79 Å². The summed E-state index contributed by atoms with van der Waals surface area (Å²) >= 11 is 0. The first-order chi connectivity index (χ1) is 26.5. The number of hydrogen-bond donors (Lipinski definition) is 2. The molecule has 0 spiro atoms. The van der Waals surface area contributed by atoms with Crippen molar-refractivity contribution in [2.75, 3.05) is 39.5 Å². The molecule has 4 atom stereocenters. The monoisotopic (exact) mass is 785 g/mol. The van der Waals surface area contributed by atoms with Crippen molar-refractivity contribution < 1.29 is 57.9 Å². The topological polar surface area (TPSA) is 175 Å². The summed E-state index contributed by atoms with van der Waals surface area (Å²) in [6.07, 6.45) is 0.0523. The molecule has 2 aromatic rings. The van der Waals surface area contributed by atoms with Gasteiger partial charge in [-0.3, -0.25) is 19.2 Å². The fraction of sp³-hybridized carbons (Fsp3) is 0.605. The van der Waals surface area contributed by atoms with Gasteiger partial charge in [0.15, 0.2) is 12.2 Å². The largest absolute Gasteiger partial charge is 0.461 e. The van der Waals surface area contributed by atoms with Crippen LogP contribution >= 0.6 is 0 Å². The van der Waals surface area contributed by atoms with Gasteiger partial charge in [-0.15, -0.1) is 0 Å². The third-order valence-electron chi connectivity index (χ3n) is 8.87. The van der Waals surface area contributed by atoms with E-state index in [0.29, 0.717) is 25.7 Å². The first-order valence-electron chi connectivity index (χ1n) is 19.5. The fourth-order valence-corrected chi connectivity index (χ4v) is 5.33. The van der Waals surface area contributed by atoms with Crippen LogP contribution in [0.1, 0.15) is 95.4 Å². The maximum Gasteiger partial charge on any atom is 0.410 e. The van der Waals surface area contributed by atoms with Gasteiger partial charge in [0, 0.05) is 25.9 Å². The van der Waals surface area contributed by atoms with Gasteiger partial charge < -0.3 is 38.8 Å². The van der Waals surface area contributed by atoms with Crippen molar-refractivity contribution >= 4 is 30.0 Å². The molecule has 0 saturated heterocycles. The number of amides is 1. The van der Waals surface area contributed by atoms with E-state index in [4.69, 9.17) is 23.7 Å². The molecule has 0 fully saturated rings. The zero-order valence-corrected chi connectivity index (χ0v) is 34.3. The standard InChI is InChI=1S/C43H63NO12/c1-30-12-18-34(19-13-30)22-16-32(3)40(49)52-28-36(26-45)54-38(47)10-8-24-44(42(51)56-43(5,6)7)25-9-11-39(48)55-37(27-46)29-53-41(50)33(4)17-23-35-20-14-31(2)15-21-35/h12-15,18-21,32-33,36-37,45-46H,8-11,16-17,22-29H2,1-7H3. The summed E-state index contributed by atoms with van der Waals surface area (Å²) in [6.45, 7) is 11.3. The fourth-order valence-electron chi connectivity index (χ4n) is 5.33. The summed E-state index contributed by atoms with van der Waals surface area (Å²) in [4.78, 5) is 64.6. The molecule has 13 heteroatoms. The second-order valence-corrected chi connectivity index (χ2v) is 15.4. The number of carbonyl (C=O) groups is 5. The van der Waals surface area contributed by atoms with Crippen LogP contribution in [0.3, 0.4) is 0 Å². The lowest BCUT2D eigenvalue weighted by molar-refractivity contribution is -0.163. The van der Waals surface area contributed by atoms with Crippen LogP contribution in [0.15, 0.2) is 48.5 Å². The van der Waals surface area contributed by atoms with Crippen LogP contribution in [0, 0.1) is 25.7 Å². The minimum Gasteiger partial charge on any atom is -0.461 e. The zero-order chi connectivity index (χ0) is 41.7. The van der Waals surface area contributed by atoms with Crippen LogP contribution in [0.5, 0.6) is 0 Å². The summed E-state index contributed by atoms with van der Waals surface area (Å²) in [6, 6.07) is 16.1. The quantitative estimate of drug-likeness (QED) is 0.0964. The minimum atomic E-state index is -1.04. The van der Waals surface area contributed by atoms with Crippen molar-refractivity contribution in [3.05, 3.63) is 70.8 Å². The highest BCUT2D eigenvalue weighted by molar-refractivity contribution is 5.73. The number of nitrogens with zero attached hydrogens (tertiary/aromatic N) is 1. The van der Waals surface area contributed by atoms with E-state index in [1.807, 2.05) is 62.4 Å². The molecule has 2 aromatic carbocycles. The lowest BCUT2D eigenvalue weighted by Gasteiger charge is -2.27. The SMILES string of the molecule is Cc1ccc(CCC(C)C(=O)OCC(CO)OC(=O)CCCN(CCCC(=O)OC(CO)COC(=O)C(C)CCc2ccc(C)cc2)C(=O)OC(C)(C)C)cc1. The van der Waals surface area contributed by atoms with Crippen LogP contribution in [0.2, 0.25) is 0 Å². The number of aryl methyl sites for hydroxylation is 4. The first-order valence-corrected chi connectivity index (χ1v) is 19.5. The second-order valence-electron chi connectivity index (χ2n) is 15.4. The van der Waals surface area contributed by atoms with E-state index < -0.39 is 61.0 Å². The van der Waals surface area contributed by atoms with Gasteiger partial charge in [0.05, 0.1) is 25.0 Å². The molecule has 0 aliphatic carbocycles. The van der Waals surface area contributed by atoms with Crippen LogP contribution in [-0.4, -0.2) is 102 Å². The van der Waals surface area contributed by atoms with Crippen molar-refractivity contribution in [3.8, 4) is 0 Å². The molecule has 0 aromatic heterocycles. The average Bonchev–Trinajstić information content (AvgIpc) is 3.15. The number of carbonyl (C=O) groups excluding carboxylic acids is 5. The molecular formula is C43H63NO12. The Labute approximate surface area is 332 Å². The Balaban J connectivity index is 1.76. The molecule has 0 aliphatic heterocycles. The molecule has 312 valence electrons. The van der Waals surface area contributed by atoms with E-state index in [-0.39, 0.29) is 63.8 Å². The van der Waals surface area contributed by atoms with Gasteiger partial charge in [0.2, 0.25) is 0 Å². The van der Waals surface area contributed by atoms with Crippen molar-refractivity contribution in [1.29, 1.82) is 0 Å². The number of aliphatic hydroxyl groups excluding tert-OH is 2. The predicted molar refractivity (Wildman–Crippen MR) is 209 cm³/mol. The van der Waals surface area contributed by atoms with Crippen molar-refractivity contribution in [3.63, 3.8) is 0 Å². The Hall–Kier alpha value is -4.49. The normalized spacial score (nSPS) is 13.4. The molecule has 2 N–H and O–H groups in total. The van der Waals surface area contributed by atoms with E-state index >= 15 is 0 Å². The van der Waals surface area contributed by atoms with Gasteiger partial charge in [-0.25, -0.2) is 4.79 Å². The smallest absolute Gasteiger partial charge is 0.410 e. The predicted octanol–water partition coefficient (Wildman–Crippen LogP) is 5.83. The van der Waals surface area contributed by atoms with Crippen molar-refractivity contribution in [1.82, 2.24) is 4.90 Å². The molecule has 0 radical (unpaired) electrons. The number of hydrogen-bond acceptors (Lipinski definition) is 12. The lowest BCUT2D eigenvalue weighted by Crippen LogP contribution is -2.38. The number of aliphatic hydroxyl groups is 2. The summed E-state index contributed by atoms with van der Waals surface area (Å²) in [7, 11) is 0. The summed E-state index contributed by atoms with van der Waals surface area (Å²) in [5.41, 5.74) is 3.75. The molecule has 1 amide bonds. The van der Waals surface area contributed by atoms with Gasteiger partial charge in [-0.1, -0.05) is 73.5 Å². The zero-order valence-electron chi connectivity index (χ0n) is 34.3. The summed E-state index contributed by atoms with van der Waals surface area (Å²) < 4.78 is 26.8. The van der Waals surface area contributed by atoms with Crippen molar-refractivity contribution in [2.45, 2.75) is 118 Å². The summed E-state index contributed by atoms with van der Waals surface area (Å²) in [5.74, 6) is -2.96. The van der Waals surface area contributed by atoms with Crippen LogP contribution in [-0.2, 0) is 55.7 Å². The van der Waals surface area contributed by atoms with Crippen molar-refractivity contribution in [2.24, 2.45) is 11.8 Å². The molecule has 4 unspecified atom stereocenters. The first kappa shape index (κ1) is 47.7.